The Labute approximate surface area is 176 Å². The molecule has 1 aliphatic rings. The van der Waals surface area contributed by atoms with E-state index in [1.54, 1.807) is 12.1 Å². The molecule has 1 fully saturated rings. The molecular weight excluding hydrogens is 382 g/mol. The Balaban J connectivity index is 1.35. The lowest BCUT2D eigenvalue weighted by atomic mass is 9.87. The number of aromatic nitrogens is 1. The maximum Gasteiger partial charge on any atom is 0.257 e. The fraction of sp³-hybridized carbons (Fsp3) is 0.250. The summed E-state index contributed by atoms with van der Waals surface area (Å²) in [7, 11) is 0. The highest BCUT2D eigenvalue weighted by Gasteiger charge is 2.21. The molecule has 0 bridgehead atoms. The van der Waals surface area contributed by atoms with Crippen molar-refractivity contribution < 1.29 is 4.79 Å². The van der Waals surface area contributed by atoms with E-state index in [4.69, 9.17) is 11.6 Å². The van der Waals surface area contributed by atoms with Crippen LogP contribution in [-0.4, -0.2) is 24.0 Å². The molecule has 4 rings (SSSR count). The Morgan fingerprint density at radius 2 is 1.76 bits per heavy atom. The lowest BCUT2D eigenvalue weighted by Gasteiger charge is -2.34. The lowest BCUT2D eigenvalue weighted by molar-refractivity contribution is 0.102. The molecule has 0 spiro atoms. The van der Waals surface area contributed by atoms with Crippen LogP contribution < -0.4 is 10.2 Å². The molecule has 0 saturated carbocycles. The first-order valence-corrected chi connectivity index (χ1v) is 10.3. The molecule has 1 N–H and O–H groups in total. The van der Waals surface area contributed by atoms with E-state index >= 15 is 0 Å². The average Bonchev–Trinajstić information content (AvgIpc) is 2.75. The van der Waals surface area contributed by atoms with Crippen molar-refractivity contribution in [1.29, 1.82) is 0 Å². The molecule has 2 heterocycles. The Kier molecular flexibility index (Phi) is 5.81. The van der Waals surface area contributed by atoms with Crippen LogP contribution in [0, 0.1) is 6.92 Å². The number of rotatable bonds is 4. The summed E-state index contributed by atoms with van der Waals surface area (Å²) in [4.78, 5) is 18.7. The molecular formula is C24H24ClN3O. The number of nitrogens with zero attached hydrogens (tertiary/aromatic N) is 2. The van der Waals surface area contributed by atoms with Crippen molar-refractivity contribution in [3.8, 4) is 0 Å². The third-order valence-electron chi connectivity index (χ3n) is 5.60. The number of amides is 1. The second kappa shape index (κ2) is 8.66. The Morgan fingerprint density at radius 3 is 2.41 bits per heavy atom. The van der Waals surface area contributed by atoms with Gasteiger partial charge in [0.15, 0.2) is 0 Å². The summed E-state index contributed by atoms with van der Waals surface area (Å²) in [6.07, 6.45) is 3.80. The molecule has 4 nitrogen and oxygen atoms in total. The van der Waals surface area contributed by atoms with E-state index in [0.29, 0.717) is 16.6 Å². The summed E-state index contributed by atoms with van der Waals surface area (Å²) in [5, 5.41) is 3.27. The summed E-state index contributed by atoms with van der Waals surface area (Å²) in [6, 6.07) is 20.0. The third-order valence-corrected chi connectivity index (χ3v) is 5.83. The van der Waals surface area contributed by atoms with E-state index in [2.05, 4.69) is 58.5 Å². The van der Waals surface area contributed by atoms with Gasteiger partial charge < -0.3 is 10.2 Å². The van der Waals surface area contributed by atoms with Gasteiger partial charge in [-0.05, 0) is 73.2 Å². The van der Waals surface area contributed by atoms with Crippen LogP contribution in [0.25, 0.3) is 0 Å². The van der Waals surface area contributed by atoms with Gasteiger partial charge in [-0.15, -0.1) is 0 Å². The predicted molar refractivity (Wildman–Crippen MR) is 119 cm³/mol. The molecule has 1 aromatic heterocycles. The zero-order valence-corrected chi connectivity index (χ0v) is 17.2. The predicted octanol–water partition coefficient (Wildman–Crippen LogP) is 5.68. The van der Waals surface area contributed by atoms with Crippen LogP contribution in [0.2, 0.25) is 5.15 Å². The maximum atomic E-state index is 12.3. The van der Waals surface area contributed by atoms with Crippen LogP contribution in [-0.2, 0) is 0 Å². The monoisotopic (exact) mass is 405 g/mol. The molecule has 0 radical (unpaired) electrons. The molecule has 2 aromatic carbocycles. The van der Waals surface area contributed by atoms with Crippen molar-refractivity contribution >= 4 is 28.9 Å². The van der Waals surface area contributed by atoms with E-state index < -0.39 is 0 Å². The average molecular weight is 406 g/mol. The van der Waals surface area contributed by atoms with Crippen LogP contribution in [0.15, 0.2) is 66.9 Å². The first-order chi connectivity index (χ1) is 14.1. The second-order valence-corrected chi connectivity index (χ2v) is 7.88. The van der Waals surface area contributed by atoms with Gasteiger partial charge in [-0.1, -0.05) is 35.9 Å². The molecule has 3 aromatic rings. The van der Waals surface area contributed by atoms with Gasteiger partial charge in [0, 0.05) is 30.7 Å². The molecule has 148 valence electrons. The van der Waals surface area contributed by atoms with Crippen LogP contribution in [0.1, 0.15) is 40.2 Å². The number of aryl methyl sites for hydroxylation is 1. The standard InChI is InChI=1S/C24H24ClN3O/c1-17-4-2-3-5-22(17)18-12-14-28(15-13-18)21-9-7-20(8-10-21)27-24(29)19-6-11-23(25)26-16-19/h2-11,16,18H,12-15H2,1H3,(H,27,29). The van der Waals surface area contributed by atoms with Gasteiger partial charge in [0.1, 0.15) is 5.15 Å². The number of hydrogen-bond acceptors (Lipinski definition) is 3. The Morgan fingerprint density at radius 1 is 1.03 bits per heavy atom. The highest BCUT2D eigenvalue weighted by molar-refractivity contribution is 6.29. The van der Waals surface area contributed by atoms with Crippen molar-refractivity contribution in [3.05, 3.63) is 88.7 Å². The fourth-order valence-corrected chi connectivity index (χ4v) is 4.07. The summed E-state index contributed by atoms with van der Waals surface area (Å²) < 4.78 is 0. The van der Waals surface area contributed by atoms with Crippen LogP contribution in [0.3, 0.4) is 0 Å². The fourth-order valence-electron chi connectivity index (χ4n) is 3.96. The molecule has 1 aliphatic heterocycles. The van der Waals surface area contributed by atoms with Crippen LogP contribution in [0.4, 0.5) is 11.4 Å². The number of piperidine rings is 1. The number of benzene rings is 2. The lowest BCUT2D eigenvalue weighted by Crippen LogP contribution is -2.33. The van der Waals surface area contributed by atoms with Crippen molar-refractivity contribution in [2.75, 3.05) is 23.3 Å². The van der Waals surface area contributed by atoms with Gasteiger partial charge >= 0.3 is 0 Å². The largest absolute Gasteiger partial charge is 0.371 e. The summed E-state index contributed by atoms with van der Waals surface area (Å²) in [5.41, 5.74) is 5.32. The first kappa shape index (κ1) is 19.5. The van der Waals surface area contributed by atoms with Gasteiger partial charge in [-0.25, -0.2) is 4.98 Å². The van der Waals surface area contributed by atoms with Crippen molar-refractivity contribution in [1.82, 2.24) is 4.98 Å². The van der Waals surface area contributed by atoms with E-state index in [1.807, 2.05) is 12.1 Å². The Bertz CT molecular complexity index is 978. The molecule has 1 saturated heterocycles. The first-order valence-electron chi connectivity index (χ1n) is 9.93. The summed E-state index contributed by atoms with van der Waals surface area (Å²) >= 11 is 5.77. The van der Waals surface area contributed by atoms with Crippen LogP contribution in [0.5, 0.6) is 0 Å². The SMILES string of the molecule is Cc1ccccc1C1CCN(c2ccc(NC(=O)c3ccc(Cl)nc3)cc2)CC1. The van der Waals surface area contributed by atoms with Gasteiger partial charge in [0.25, 0.3) is 5.91 Å². The normalized spacial score (nSPS) is 14.6. The molecule has 0 unspecified atom stereocenters. The van der Waals surface area contributed by atoms with Gasteiger partial charge in [-0.2, -0.15) is 0 Å². The van der Waals surface area contributed by atoms with Crippen molar-refractivity contribution in [2.45, 2.75) is 25.7 Å². The minimum absolute atomic E-state index is 0.194. The highest BCUT2D eigenvalue weighted by atomic mass is 35.5. The third kappa shape index (κ3) is 4.60. The van der Waals surface area contributed by atoms with E-state index in [1.165, 1.54) is 23.0 Å². The summed E-state index contributed by atoms with van der Waals surface area (Å²) in [5.74, 6) is 0.444. The van der Waals surface area contributed by atoms with Gasteiger partial charge in [0.2, 0.25) is 0 Å². The number of pyridine rings is 1. The molecule has 5 heteroatoms. The zero-order chi connectivity index (χ0) is 20.2. The minimum atomic E-state index is -0.194. The minimum Gasteiger partial charge on any atom is -0.371 e. The molecule has 29 heavy (non-hydrogen) atoms. The molecule has 0 atom stereocenters. The molecule has 0 aliphatic carbocycles. The van der Waals surface area contributed by atoms with Gasteiger partial charge in [-0.3, -0.25) is 4.79 Å². The van der Waals surface area contributed by atoms with Crippen molar-refractivity contribution in [3.63, 3.8) is 0 Å². The van der Waals surface area contributed by atoms with Gasteiger partial charge in [0.05, 0.1) is 5.56 Å². The quantitative estimate of drug-likeness (QED) is 0.568. The number of carbonyl (C=O) groups is 1. The number of hydrogen-bond donors (Lipinski definition) is 1. The number of carbonyl (C=O) groups excluding carboxylic acids is 1. The smallest absolute Gasteiger partial charge is 0.257 e. The topological polar surface area (TPSA) is 45.2 Å². The number of halogens is 1. The Hall–Kier alpha value is -2.85. The summed E-state index contributed by atoms with van der Waals surface area (Å²) in [6.45, 7) is 4.29. The van der Waals surface area contributed by atoms with Crippen molar-refractivity contribution in [2.24, 2.45) is 0 Å². The molecule has 1 amide bonds. The maximum absolute atomic E-state index is 12.3. The van der Waals surface area contributed by atoms with E-state index in [0.717, 1.165) is 31.6 Å². The second-order valence-electron chi connectivity index (χ2n) is 7.49. The van der Waals surface area contributed by atoms with Crippen LogP contribution >= 0.6 is 11.6 Å². The number of anilines is 2. The number of nitrogens with one attached hydrogen (secondary N) is 1. The van der Waals surface area contributed by atoms with E-state index in [-0.39, 0.29) is 5.91 Å². The zero-order valence-electron chi connectivity index (χ0n) is 16.4. The highest BCUT2D eigenvalue weighted by Crippen LogP contribution is 2.32. The van der Waals surface area contributed by atoms with E-state index in [9.17, 15) is 4.79 Å².